The van der Waals surface area contributed by atoms with Crippen molar-refractivity contribution in [2.45, 2.75) is 24.4 Å². The van der Waals surface area contributed by atoms with E-state index in [-0.39, 0.29) is 0 Å². The lowest BCUT2D eigenvalue weighted by atomic mass is 10.3. The van der Waals surface area contributed by atoms with Gasteiger partial charge in [0.2, 0.25) is 5.16 Å². The molecular weight excluding hydrogens is 252 g/mol. The first-order valence-electron chi connectivity index (χ1n) is 5.32. The van der Waals surface area contributed by atoms with Gasteiger partial charge >= 0.3 is 0 Å². The molecule has 0 aromatic carbocycles. The van der Waals surface area contributed by atoms with Crippen molar-refractivity contribution in [2.75, 3.05) is 5.75 Å². The molecule has 17 heavy (non-hydrogen) atoms. The zero-order valence-corrected chi connectivity index (χ0v) is 10.9. The molecule has 6 heteroatoms. The average molecular weight is 264 g/mol. The molecule has 0 aliphatic heterocycles. The summed E-state index contributed by atoms with van der Waals surface area (Å²) in [4.78, 5) is 5.68. The first kappa shape index (κ1) is 12.1. The lowest BCUT2D eigenvalue weighted by Crippen LogP contribution is -1.87. The van der Waals surface area contributed by atoms with Crippen LogP contribution in [0.2, 0.25) is 0 Å². The first-order chi connectivity index (χ1) is 8.38. The number of thiophene rings is 1. The lowest BCUT2D eigenvalue weighted by Gasteiger charge is -1.92. The van der Waals surface area contributed by atoms with Crippen molar-refractivity contribution in [3.63, 3.8) is 0 Å². The number of nitrogens with zero attached hydrogens (tertiary/aromatic N) is 3. The van der Waals surface area contributed by atoms with Crippen molar-refractivity contribution in [2.24, 2.45) is 0 Å². The maximum Gasteiger partial charge on any atom is 0.208 e. The van der Waals surface area contributed by atoms with Gasteiger partial charge in [-0.3, -0.25) is 5.10 Å². The van der Waals surface area contributed by atoms with Gasteiger partial charge in [0.15, 0.2) is 0 Å². The van der Waals surface area contributed by atoms with Crippen LogP contribution in [0.5, 0.6) is 0 Å². The van der Waals surface area contributed by atoms with Gasteiger partial charge in [-0.15, -0.1) is 16.4 Å². The quantitative estimate of drug-likeness (QED) is 0.643. The van der Waals surface area contributed by atoms with E-state index in [1.54, 1.807) is 23.1 Å². The Bertz CT molecular complexity index is 484. The van der Waals surface area contributed by atoms with E-state index in [2.05, 4.69) is 32.7 Å². The summed E-state index contributed by atoms with van der Waals surface area (Å²) in [6.45, 7) is 0. The Morgan fingerprint density at radius 2 is 2.47 bits per heavy atom. The number of aromatic amines is 1. The summed E-state index contributed by atoms with van der Waals surface area (Å²) in [5.74, 6) is 1.79. The highest BCUT2D eigenvalue weighted by atomic mass is 32.2. The van der Waals surface area contributed by atoms with Gasteiger partial charge in [-0.05, 0) is 17.9 Å². The molecule has 4 nitrogen and oxygen atoms in total. The summed E-state index contributed by atoms with van der Waals surface area (Å²) in [5, 5.41) is 18.3. The molecule has 0 radical (unpaired) electrons. The van der Waals surface area contributed by atoms with E-state index in [0.29, 0.717) is 6.42 Å². The van der Waals surface area contributed by atoms with Crippen molar-refractivity contribution < 1.29 is 0 Å². The third kappa shape index (κ3) is 3.88. The maximum absolute atomic E-state index is 8.42. The summed E-state index contributed by atoms with van der Waals surface area (Å²) in [6.07, 6.45) is 2.29. The lowest BCUT2D eigenvalue weighted by molar-refractivity contribution is 0.946. The molecule has 0 bridgehead atoms. The Morgan fingerprint density at radius 3 is 3.24 bits per heavy atom. The second kappa shape index (κ2) is 6.42. The minimum Gasteiger partial charge on any atom is -0.262 e. The molecule has 88 valence electrons. The van der Waals surface area contributed by atoms with Crippen LogP contribution in [0.3, 0.4) is 0 Å². The van der Waals surface area contributed by atoms with Gasteiger partial charge in [0.05, 0.1) is 6.07 Å². The van der Waals surface area contributed by atoms with Crippen LogP contribution >= 0.6 is 23.1 Å². The van der Waals surface area contributed by atoms with Crippen LogP contribution in [0.4, 0.5) is 0 Å². The van der Waals surface area contributed by atoms with E-state index in [1.165, 1.54) is 4.88 Å². The van der Waals surface area contributed by atoms with Crippen molar-refractivity contribution in [3.05, 3.63) is 28.2 Å². The molecule has 0 aliphatic rings. The molecule has 0 saturated heterocycles. The summed E-state index contributed by atoms with van der Waals surface area (Å²) in [7, 11) is 0. The molecular formula is C11H12N4S2. The fraction of sp³-hybridized carbons (Fsp3) is 0.364. The number of hydrogen-bond acceptors (Lipinski definition) is 5. The minimum atomic E-state index is 0.597. The Kier molecular flexibility index (Phi) is 4.59. The van der Waals surface area contributed by atoms with Crippen LogP contribution in [0, 0.1) is 11.3 Å². The molecule has 0 atom stereocenters. The topological polar surface area (TPSA) is 65.4 Å². The van der Waals surface area contributed by atoms with Crippen LogP contribution in [0.15, 0.2) is 22.7 Å². The second-order valence-corrected chi connectivity index (χ2v) is 5.53. The first-order valence-corrected chi connectivity index (χ1v) is 7.18. The van der Waals surface area contributed by atoms with Crippen molar-refractivity contribution in [1.82, 2.24) is 15.2 Å². The number of rotatable bonds is 6. The predicted molar refractivity (Wildman–Crippen MR) is 69.1 cm³/mol. The average Bonchev–Trinajstić information content (AvgIpc) is 2.97. The maximum atomic E-state index is 8.42. The number of hydrogen-bond donors (Lipinski definition) is 1. The highest BCUT2D eigenvalue weighted by molar-refractivity contribution is 7.99. The number of nitrogens with one attached hydrogen (secondary N) is 1. The molecule has 0 amide bonds. The molecule has 0 saturated carbocycles. The van der Waals surface area contributed by atoms with E-state index >= 15 is 0 Å². The monoisotopic (exact) mass is 264 g/mol. The SMILES string of the molecule is N#CCCCSc1n[nH]c(Cc2cccs2)n1. The Balaban J connectivity index is 1.82. The largest absolute Gasteiger partial charge is 0.262 e. The molecule has 2 aromatic heterocycles. The molecule has 2 rings (SSSR count). The molecule has 1 N–H and O–H groups in total. The zero-order chi connectivity index (χ0) is 11.9. The zero-order valence-electron chi connectivity index (χ0n) is 9.22. The highest BCUT2D eigenvalue weighted by Gasteiger charge is 2.05. The van der Waals surface area contributed by atoms with Crippen LogP contribution < -0.4 is 0 Å². The number of nitriles is 1. The van der Waals surface area contributed by atoms with Crippen molar-refractivity contribution in [3.8, 4) is 6.07 Å². The van der Waals surface area contributed by atoms with Gasteiger partial charge in [0, 0.05) is 23.5 Å². The van der Waals surface area contributed by atoms with Crippen molar-refractivity contribution >= 4 is 23.1 Å². The van der Waals surface area contributed by atoms with Gasteiger partial charge in [0.1, 0.15) is 5.82 Å². The summed E-state index contributed by atoms with van der Waals surface area (Å²) < 4.78 is 0. The molecule has 0 fully saturated rings. The molecule has 0 aliphatic carbocycles. The van der Waals surface area contributed by atoms with Gasteiger partial charge in [-0.1, -0.05) is 17.8 Å². The van der Waals surface area contributed by atoms with E-state index in [9.17, 15) is 0 Å². The van der Waals surface area contributed by atoms with Gasteiger partial charge in [-0.2, -0.15) is 5.26 Å². The van der Waals surface area contributed by atoms with Crippen LogP contribution in [0.25, 0.3) is 0 Å². The van der Waals surface area contributed by atoms with E-state index < -0.39 is 0 Å². The summed E-state index contributed by atoms with van der Waals surface area (Å²) in [5.41, 5.74) is 0. The molecule has 0 spiro atoms. The Labute approximate surface area is 108 Å². The number of unbranched alkanes of at least 4 members (excludes halogenated alkanes) is 1. The Hall–Kier alpha value is -1.32. The highest BCUT2D eigenvalue weighted by Crippen LogP contribution is 2.17. The van der Waals surface area contributed by atoms with Crippen LogP contribution in [-0.2, 0) is 6.42 Å². The molecule has 2 heterocycles. The molecule has 2 aromatic rings. The van der Waals surface area contributed by atoms with E-state index in [0.717, 1.165) is 29.6 Å². The standard InChI is InChI=1S/C11H12N4S2/c12-5-1-2-6-17-11-13-10(14-15-11)8-9-4-3-7-16-9/h3-4,7H,1-2,6,8H2,(H,13,14,15). The number of aromatic nitrogens is 3. The van der Waals surface area contributed by atoms with Crippen molar-refractivity contribution in [1.29, 1.82) is 5.26 Å². The number of H-pyrrole nitrogens is 1. The summed E-state index contributed by atoms with van der Waals surface area (Å²) >= 11 is 3.31. The van der Waals surface area contributed by atoms with E-state index in [1.807, 2.05) is 6.07 Å². The minimum absolute atomic E-state index is 0.597. The predicted octanol–water partition coefficient (Wildman–Crippen LogP) is 2.85. The summed E-state index contributed by atoms with van der Waals surface area (Å²) in [6, 6.07) is 6.25. The Morgan fingerprint density at radius 1 is 1.53 bits per heavy atom. The van der Waals surface area contributed by atoms with E-state index in [4.69, 9.17) is 5.26 Å². The third-order valence-corrected chi connectivity index (χ3v) is 3.91. The fourth-order valence-corrected chi connectivity index (χ4v) is 2.78. The normalized spacial score (nSPS) is 10.3. The van der Waals surface area contributed by atoms with Gasteiger partial charge < -0.3 is 0 Å². The number of thioether (sulfide) groups is 1. The third-order valence-electron chi connectivity index (χ3n) is 2.10. The van der Waals surface area contributed by atoms with Crippen LogP contribution in [-0.4, -0.2) is 20.9 Å². The van der Waals surface area contributed by atoms with Crippen LogP contribution in [0.1, 0.15) is 23.5 Å². The second-order valence-electron chi connectivity index (χ2n) is 3.43. The smallest absolute Gasteiger partial charge is 0.208 e. The van der Waals surface area contributed by atoms with Gasteiger partial charge in [-0.25, -0.2) is 4.98 Å². The fourth-order valence-electron chi connectivity index (χ4n) is 1.31. The molecule has 0 unspecified atom stereocenters. The van der Waals surface area contributed by atoms with Gasteiger partial charge in [0.25, 0.3) is 0 Å².